The van der Waals surface area contributed by atoms with Crippen LogP contribution in [0.25, 0.3) is 0 Å². The van der Waals surface area contributed by atoms with Crippen LogP contribution in [0.2, 0.25) is 0 Å². The van der Waals surface area contributed by atoms with E-state index in [9.17, 15) is 31.1 Å². The van der Waals surface area contributed by atoms with Crippen LogP contribution in [0.5, 0.6) is 0 Å². The van der Waals surface area contributed by atoms with Crippen molar-refractivity contribution in [1.29, 1.82) is 0 Å². The summed E-state index contributed by atoms with van der Waals surface area (Å²) >= 11 is 0. The van der Waals surface area contributed by atoms with Crippen molar-refractivity contribution in [2.45, 2.75) is 42.5 Å². The molecule has 2 aliphatic carbocycles. The lowest BCUT2D eigenvalue weighted by Crippen LogP contribution is -2.52. The number of aliphatic hydroxyl groups is 1. The molecule has 2 bridgehead atoms. The van der Waals surface area contributed by atoms with Crippen LogP contribution in [0.1, 0.15) is 30.4 Å². The number of aliphatic hydroxyl groups excluding tert-OH is 1. The summed E-state index contributed by atoms with van der Waals surface area (Å²) in [5.74, 6) is -1.12. The Balaban J connectivity index is 1.41. The Bertz CT molecular complexity index is 1630. The summed E-state index contributed by atoms with van der Waals surface area (Å²) in [7, 11) is -7.43. The van der Waals surface area contributed by atoms with Crippen LogP contribution in [0.4, 0.5) is 10.1 Å². The van der Waals surface area contributed by atoms with Crippen molar-refractivity contribution in [3.8, 4) is 0 Å². The first-order valence-corrected chi connectivity index (χ1v) is 16.1. The van der Waals surface area contributed by atoms with Crippen molar-refractivity contribution in [3.63, 3.8) is 0 Å². The van der Waals surface area contributed by atoms with E-state index in [1.807, 2.05) is 0 Å². The summed E-state index contributed by atoms with van der Waals surface area (Å²) < 4.78 is 63.5. The maximum absolute atomic E-state index is 14.0. The predicted molar refractivity (Wildman–Crippen MR) is 139 cm³/mol. The minimum absolute atomic E-state index is 0.0128. The number of anilines is 1. The van der Waals surface area contributed by atoms with Gasteiger partial charge in [0.15, 0.2) is 9.84 Å². The number of nitrogens with one attached hydrogen (secondary N) is 1. The highest BCUT2D eigenvalue weighted by molar-refractivity contribution is 7.94. The Labute approximate surface area is 220 Å². The highest BCUT2D eigenvalue weighted by atomic mass is 32.2. The summed E-state index contributed by atoms with van der Waals surface area (Å²) in [5.41, 5.74) is 1.19. The fraction of sp³-hybridized carbons (Fsp3) is 0.370. The zero-order valence-electron chi connectivity index (χ0n) is 20.6. The van der Waals surface area contributed by atoms with Crippen LogP contribution >= 0.6 is 0 Å². The minimum atomic E-state index is -4.06. The molecule has 200 valence electrons. The Kier molecular flexibility index (Phi) is 5.73. The molecule has 2 unspecified atom stereocenters. The standard InChI is InChI=1S/C27H27FN2O6S2/c1-37(33,34)13-16-4-9-20-22(10-16)38(35,36)14-21(29-20)24-26(31)23-17-5-6-18(11-17)25(23)30(27(24)32)12-15-2-7-19(28)8-3-15/h2-4,7-10,14,17-18,23,25,29,31H,5-6,11-13H2,1H3/t17-,18+,23?,25?/m1/s1. The van der Waals surface area contributed by atoms with E-state index in [0.717, 1.165) is 36.5 Å². The number of fused-ring (bicyclic) bond motifs is 6. The molecule has 1 amide bonds. The van der Waals surface area contributed by atoms with Gasteiger partial charge in [0.2, 0.25) is 9.84 Å². The largest absolute Gasteiger partial charge is 0.511 e. The minimum Gasteiger partial charge on any atom is -0.511 e. The average Bonchev–Trinajstić information content (AvgIpc) is 3.45. The molecule has 4 aliphatic rings. The van der Waals surface area contributed by atoms with Gasteiger partial charge in [-0.1, -0.05) is 18.2 Å². The van der Waals surface area contributed by atoms with Gasteiger partial charge in [0.05, 0.1) is 27.4 Å². The lowest BCUT2D eigenvalue weighted by molar-refractivity contribution is -0.134. The molecule has 2 aromatic rings. The first-order valence-electron chi connectivity index (χ1n) is 12.4. The first-order chi connectivity index (χ1) is 17.9. The lowest BCUT2D eigenvalue weighted by Gasteiger charge is -2.44. The quantitative estimate of drug-likeness (QED) is 0.574. The van der Waals surface area contributed by atoms with Gasteiger partial charge in [0.1, 0.15) is 17.1 Å². The molecule has 2 saturated carbocycles. The Morgan fingerprint density at radius 2 is 1.76 bits per heavy atom. The number of hydrogen-bond acceptors (Lipinski definition) is 7. The maximum Gasteiger partial charge on any atom is 0.260 e. The topological polar surface area (TPSA) is 121 Å². The lowest BCUT2D eigenvalue weighted by atomic mass is 9.77. The van der Waals surface area contributed by atoms with Crippen molar-refractivity contribution in [2.75, 3.05) is 11.6 Å². The fourth-order valence-electron chi connectivity index (χ4n) is 6.68. The summed E-state index contributed by atoms with van der Waals surface area (Å²) in [5, 5.41) is 15.4. The smallest absolute Gasteiger partial charge is 0.260 e. The van der Waals surface area contributed by atoms with Gasteiger partial charge in [-0.25, -0.2) is 21.2 Å². The molecule has 2 aliphatic heterocycles. The Morgan fingerprint density at radius 1 is 1.08 bits per heavy atom. The van der Waals surface area contributed by atoms with E-state index in [0.29, 0.717) is 5.56 Å². The van der Waals surface area contributed by atoms with Crippen LogP contribution in [0, 0.1) is 23.6 Å². The second-order valence-electron chi connectivity index (χ2n) is 10.8. The number of rotatable bonds is 5. The van der Waals surface area contributed by atoms with Gasteiger partial charge in [-0.3, -0.25) is 4.79 Å². The predicted octanol–water partition coefficient (Wildman–Crippen LogP) is 3.68. The molecule has 2 aromatic carbocycles. The van der Waals surface area contributed by atoms with Gasteiger partial charge < -0.3 is 15.3 Å². The highest BCUT2D eigenvalue weighted by Gasteiger charge is 2.56. The molecule has 0 spiro atoms. The molecule has 2 fully saturated rings. The van der Waals surface area contributed by atoms with E-state index < -0.39 is 25.6 Å². The van der Waals surface area contributed by atoms with Gasteiger partial charge in [0.25, 0.3) is 5.91 Å². The van der Waals surface area contributed by atoms with Crippen LogP contribution in [0.3, 0.4) is 0 Å². The molecule has 38 heavy (non-hydrogen) atoms. The second-order valence-corrected chi connectivity index (χ2v) is 14.7. The van der Waals surface area contributed by atoms with Gasteiger partial charge in [-0.2, -0.15) is 0 Å². The summed E-state index contributed by atoms with van der Waals surface area (Å²) in [6.45, 7) is 0.214. The van der Waals surface area contributed by atoms with Crippen LogP contribution in [-0.4, -0.2) is 45.0 Å². The van der Waals surface area contributed by atoms with Gasteiger partial charge in [-0.05, 0) is 66.5 Å². The molecule has 11 heteroatoms. The SMILES string of the molecule is CS(=O)(=O)Cc1ccc2c(c1)S(=O)(=O)C=C(C1=C(O)C3C([C@H]4CC[C@@H]3C4)N(Cc3ccc(F)cc3)C1=O)N2. The Hall–Kier alpha value is -3.18. The number of amides is 1. The van der Waals surface area contributed by atoms with Crippen molar-refractivity contribution < 1.29 is 31.1 Å². The van der Waals surface area contributed by atoms with E-state index in [1.165, 1.54) is 30.3 Å². The summed E-state index contributed by atoms with van der Waals surface area (Å²) in [6, 6.07) is 10.0. The number of sulfone groups is 2. The van der Waals surface area contributed by atoms with E-state index >= 15 is 0 Å². The van der Waals surface area contributed by atoms with Crippen LogP contribution in [0.15, 0.2) is 69.8 Å². The third kappa shape index (κ3) is 4.21. The van der Waals surface area contributed by atoms with Crippen molar-refractivity contribution in [2.24, 2.45) is 17.8 Å². The second kappa shape index (κ2) is 8.67. The molecule has 0 saturated heterocycles. The van der Waals surface area contributed by atoms with Crippen molar-refractivity contribution >= 4 is 31.3 Å². The van der Waals surface area contributed by atoms with E-state index in [-0.39, 0.29) is 69.5 Å². The molecule has 0 aromatic heterocycles. The van der Waals surface area contributed by atoms with Gasteiger partial charge >= 0.3 is 0 Å². The summed E-state index contributed by atoms with van der Waals surface area (Å²) in [4.78, 5) is 15.6. The Morgan fingerprint density at radius 3 is 2.47 bits per heavy atom. The zero-order chi connectivity index (χ0) is 27.0. The molecule has 4 atom stereocenters. The van der Waals surface area contributed by atoms with E-state index in [1.54, 1.807) is 17.0 Å². The highest BCUT2D eigenvalue weighted by Crippen LogP contribution is 2.56. The van der Waals surface area contributed by atoms with Crippen molar-refractivity contribution in [3.05, 3.63) is 81.8 Å². The fourth-order valence-corrected chi connectivity index (χ4v) is 8.82. The molecule has 2 heterocycles. The van der Waals surface area contributed by atoms with Crippen LogP contribution in [-0.2, 0) is 36.8 Å². The number of benzene rings is 2. The maximum atomic E-state index is 14.0. The van der Waals surface area contributed by atoms with Gasteiger partial charge in [0, 0.05) is 24.8 Å². The van der Waals surface area contributed by atoms with Gasteiger partial charge in [-0.15, -0.1) is 0 Å². The number of carbonyl (C=O) groups excluding carboxylic acids is 1. The molecular weight excluding hydrogens is 531 g/mol. The molecule has 2 N–H and O–H groups in total. The van der Waals surface area contributed by atoms with Crippen LogP contribution < -0.4 is 5.32 Å². The molecular formula is C27H27FN2O6S2. The van der Waals surface area contributed by atoms with Crippen molar-refractivity contribution in [1.82, 2.24) is 4.90 Å². The first kappa shape index (κ1) is 25.1. The zero-order valence-corrected chi connectivity index (χ0v) is 22.2. The average molecular weight is 559 g/mol. The number of halogens is 1. The number of carbonyl (C=O) groups is 1. The number of nitrogens with zero attached hydrogens (tertiary/aromatic N) is 1. The molecule has 0 radical (unpaired) electrons. The van der Waals surface area contributed by atoms with E-state index in [2.05, 4.69) is 5.32 Å². The van der Waals surface area contributed by atoms with E-state index in [4.69, 9.17) is 0 Å². The monoisotopic (exact) mass is 558 g/mol. The third-order valence-corrected chi connectivity index (χ3v) is 10.5. The third-order valence-electron chi connectivity index (χ3n) is 8.14. The molecule has 8 nitrogen and oxygen atoms in total. The number of hydrogen-bond donors (Lipinski definition) is 2. The molecule has 6 rings (SSSR count). The summed E-state index contributed by atoms with van der Waals surface area (Å²) in [6.07, 6.45) is 3.84. The normalized spacial score (nSPS) is 27.6.